The van der Waals surface area contributed by atoms with E-state index in [0.29, 0.717) is 18.7 Å². The van der Waals surface area contributed by atoms with Gasteiger partial charge in [0.25, 0.3) is 0 Å². The Morgan fingerprint density at radius 1 is 1.32 bits per heavy atom. The minimum Gasteiger partial charge on any atom is -0.391 e. The van der Waals surface area contributed by atoms with E-state index in [1.807, 2.05) is 30.3 Å². The van der Waals surface area contributed by atoms with Crippen molar-refractivity contribution in [3.63, 3.8) is 0 Å². The molecule has 0 radical (unpaired) electrons. The molecule has 0 spiro atoms. The molecule has 0 saturated heterocycles. The topological polar surface area (TPSA) is 49.3 Å². The minimum absolute atomic E-state index is 0.0400. The van der Waals surface area contributed by atoms with E-state index >= 15 is 0 Å². The van der Waals surface area contributed by atoms with Crippen LogP contribution in [0.4, 0.5) is 0 Å². The molecule has 1 unspecified atom stereocenters. The van der Waals surface area contributed by atoms with Gasteiger partial charge in [0.05, 0.1) is 11.9 Å². The van der Waals surface area contributed by atoms with Crippen molar-refractivity contribution >= 4 is 17.7 Å². The lowest BCUT2D eigenvalue weighted by atomic mass is 9.89. The fourth-order valence-electron chi connectivity index (χ4n) is 1.73. The van der Waals surface area contributed by atoms with Gasteiger partial charge in [-0.1, -0.05) is 39.0 Å². The van der Waals surface area contributed by atoms with Gasteiger partial charge in [-0.2, -0.15) is 0 Å². The van der Waals surface area contributed by atoms with E-state index < -0.39 is 6.10 Å². The molecule has 1 rings (SSSR count). The highest BCUT2D eigenvalue weighted by atomic mass is 32.2. The molecule has 1 atom stereocenters. The van der Waals surface area contributed by atoms with Gasteiger partial charge in [0.1, 0.15) is 0 Å². The number of hydrogen-bond donors (Lipinski definition) is 2. The van der Waals surface area contributed by atoms with Crippen LogP contribution in [-0.2, 0) is 4.79 Å². The highest BCUT2D eigenvalue weighted by Gasteiger charge is 2.17. The first-order valence-corrected chi connectivity index (χ1v) is 7.48. The quantitative estimate of drug-likeness (QED) is 0.788. The molecular weight excluding hydrogens is 258 g/mol. The highest BCUT2D eigenvalue weighted by Crippen LogP contribution is 2.20. The van der Waals surface area contributed by atoms with Crippen LogP contribution in [0.2, 0.25) is 0 Å². The molecule has 1 amide bonds. The first-order chi connectivity index (χ1) is 8.87. The van der Waals surface area contributed by atoms with E-state index in [4.69, 9.17) is 0 Å². The molecular formula is C15H23NO2S. The normalized spacial score (nSPS) is 13.1. The summed E-state index contributed by atoms with van der Waals surface area (Å²) in [5.74, 6) is 0.341. The monoisotopic (exact) mass is 281 g/mol. The highest BCUT2D eigenvalue weighted by molar-refractivity contribution is 8.00. The van der Waals surface area contributed by atoms with Crippen LogP contribution in [0, 0.1) is 5.41 Å². The number of aliphatic hydroxyl groups excluding tert-OH is 1. The Kier molecular flexibility index (Phi) is 6.38. The van der Waals surface area contributed by atoms with Crippen LogP contribution in [0.15, 0.2) is 35.2 Å². The molecule has 0 fully saturated rings. The maximum atomic E-state index is 11.6. The number of carbonyl (C=O) groups is 1. The van der Waals surface area contributed by atoms with Crippen molar-refractivity contribution in [2.75, 3.05) is 12.3 Å². The number of thioether (sulfide) groups is 1. The van der Waals surface area contributed by atoms with Crippen LogP contribution >= 0.6 is 11.8 Å². The standard InChI is InChI=1S/C15H23NO2S/c1-15(2,3)9-12(17)10-16-14(18)11-19-13-7-5-4-6-8-13/h4-8,12,17H,9-11H2,1-3H3,(H,16,18). The molecule has 0 aliphatic carbocycles. The molecule has 0 aliphatic heterocycles. The van der Waals surface area contributed by atoms with Crippen molar-refractivity contribution in [1.29, 1.82) is 0 Å². The number of aliphatic hydroxyl groups is 1. The van der Waals surface area contributed by atoms with Crippen molar-refractivity contribution in [3.05, 3.63) is 30.3 Å². The molecule has 1 aromatic carbocycles. The summed E-state index contributed by atoms with van der Waals surface area (Å²) in [5.41, 5.74) is 0.0724. The Balaban J connectivity index is 2.21. The summed E-state index contributed by atoms with van der Waals surface area (Å²) in [6.45, 7) is 6.54. The molecule has 4 heteroatoms. The number of carbonyl (C=O) groups excluding carboxylic acids is 1. The summed E-state index contributed by atoms with van der Waals surface area (Å²) in [6, 6.07) is 9.81. The maximum absolute atomic E-state index is 11.6. The van der Waals surface area contributed by atoms with Crippen LogP contribution in [-0.4, -0.2) is 29.4 Å². The van der Waals surface area contributed by atoms with Gasteiger partial charge >= 0.3 is 0 Å². The van der Waals surface area contributed by atoms with Crippen molar-refractivity contribution in [1.82, 2.24) is 5.32 Å². The summed E-state index contributed by atoms with van der Waals surface area (Å²) >= 11 is 1.50. The van der Waals surface area contributed by atoms with Gasteiger partial charge in [0.15, 0.2) is 0 Å². The van der Waals surface area contributed by atoms with Crippen LogP contribution in [0.5, 0.6) is 0 Å². The van der Waals surface area contributed by atoms with E-state index in [2.05, 4.69) is 26.1 Å². The zero-order valence-electron chi connectivity index (χ0n) is 11.8. The third-order valence-electron chi connectivity index (χ3n) is 2.50. The Morgan fingerprint density at radius 3 is 2.53 bits per heavy atom. The Hall–Kier alpha value is -1.00. The molecule has 0 bridgehead atoms. The molecule has 0 aromatic heterocycles. The summed E-state index contributed by atoms with van der Waals surface area (Å²) in [6.07, 6.45) is 0.199. The zero-order valence-corrected chi connectivity index (χ0v) is 12.7. The van der Waals surface area contributed by atoms with Crippen molar-refractivity contribution in [3.8, 4) is 0 Å². The summed E-state index contributed by atoms with van der Waals surface area (Å²) in [7, 11) is 0. The number of nitrogens with one attached hydrogen (secondary N) is 1. The van der Waals surface area contributed by atoms with E-state index in [1.165, 1.54) is 11.8 Å². The molecule has 0 aliphatic rings. The van der Waals surface area contributed by atoms with Crippen LogP contribution in [0.25, 0.3) is 0 Å². The fourth-order valence-corrected chi connectivity index (χ4v) is 2.48. The molecule has 3 nitrogen and oxygen atoms in total. The van der Waals surface area contributed by atoms with Crippen molar-refractivity contribution in [2.45, 2.75) is 38.2 Å². The van der Waals surface area contributed by atoms with E-state index in [1.54, 1.807) is 0 Å². The molecule has 106 valence electrons. The third-order valence-corrected chi connectivity index (χ3v) is 3.51. The number of amides is 1. The van der Waals surface area contributed by atoms with Gasteiger partial charge in [-0.15, -0.1) is 11.8 Å². The lowest BCUT2D eigenvalue weighted by molar-refractivity contribution is -0.119. The SMILES string of the molecule is CC(C)(C)CC(O)CNC(=O)CSc1ccccc1. The van der Waals surface area contributed by atoms with Gasteiger partial charge < -0.3 is 10.4 Å². The van der Waals surface area contributed by atoms with E-state index in [9.17, 15) is 9.90 Å². The van der Waals surface area contributed by atoms with Crippen LogP contribution in [0.3, 0.4) is 0 Å². The average molecular weight is 281 g/mol. The summed E-state index contributed by atoms with van der Waals surface area (Å²) < 4.78 is 0. The van der Waals surface area contributed by atoms with Gasteiger partial charge in [0, 0.05) is 11.4 Å². The lowest BCUT2D eigenvalue weighted by Gasteiger charge is -2.22. The second-order valence-electron chi connectivity index (χ2n) is 5.82. The molecule has 19 heavy (non-hydrogen) atoms. The third kappa shape index (κ3) is 7.90. The van der Waals surface area contributed by atoms with Gasteiger partial charge in [-0.05, 0) is 24.0 Å². The first kappa shape index (κ1) is 16.1. The molecule has 2 N–H and O–H groups in total. The summed E-state index contributed by atoms with van der Waals surface area (Å²) in [5, 5.41) is 12.6. The fraction of sp³-hybridized carbons (Fsp3) is 0.533. The van der Waals surface area contributed by atoms with Crippen molar-refractivity contribution < 1.29 is 9.90 Å². The van der Waals surface area contributed by atoms with Crippen LogP contribution < -0.4 is 5.32 Å². The van der Waals surface area contributed by atoms with Crippen LogP contribution in [0.1, 0.15) is 27.2 Å². The summed E-state index contributed by atoms with van der Waals surface area (Å²) in [4.78, 5) is 12.7. The number of hydrogen-bond acceptors (Lipinski definition) is 3. The lowest BCUT2D eigenvalue weighted by Crippen LogP contribution is -2.35. The van der Waals surface area contributed by atoms with Gasteiger partial charge in [-0.25, -0.2) is 0 Å². The predicted octanol–water partition coefficient (Wildman–Crippen LogP) is 2.69. The second kappa shape index (κ2) is 7.56. The Morgan fingerprint density at radius 2 is 1.95 bits per heavy atom. The minimum atomic E-state index is -0.481. The van der Waals surface area contributed by atoms with E-state index in [0.717, 1.165) is 4.90 Å². The average Bonchev–Trinajstić information content (AvgIpc) is 2.33. The molecule has 0 heterocycles. The van der Waals surface area contributed by atoms with Crippen molar-refractivity contribution in [2.24, 2.45) is 5.41 Å². The first-order valence-electron chi connectivity index (χ1n) is 6.49. The molecule has 0 saturated carbocycles. The zero-order chi connectivity index (χ0) is 14.3. The maximum Gasteiger partial charge on any atom is 0.230 e. The number of rotatable bonds is 6. The molecule has 1 aromatic rings. The van der Waals surface area contributed by atoms with Gasteiger partial charge in [-0.3, -0.25) is 4.79 Å². The Bertz CT molecular complexity index is 387. The largest absolute Gasteiger partial charge is 0.391 e. The van der Waals surface area contributed by atoms with Gasteiger partial charge in [0.2, 0.25) is 5.91 Å². The Labute approximate surface area is 119 Å². The second-order valence-corrected chi connectivity index (χ2v) is 6.87. The van der Waals surface area contributed by atoms with E-state index in [-0.39, 0.29) is 11.3 Å². The predicted molar refractivity (Wildman–Crippen MR) is 80.3 cm³/mol. The number of benzene rings is 1. The smallest absolute Gasteiger partial charge is 0.230 e.